The number of rotatable bonds is 38. The van der Waals surface area contributed by atoms with Gasteiger partial charge in [0.15, 0.2) is 11.6 Å². The number of aromatic nitrogens is 5. The van der Waals surface area contributed by atoms with E-state index in [2.05, 4.69) is 106 Å². The molecule has 0 aliphatic carbocycles. The minimum Gasteiger partial charge on any atom is -0.481 e. The number of pyridine rings is 5. The van der Waals surface area contributed by atoms with Crippen molar-refractivity contribution < 1.29 is 96.1 Å². The fourth-order valence-electron chi connectivity index (χ4n) is 9.25. The first-order valence-corrected chi connectivity index (χ1v) is 39.1. The molecule has 0 spiro atoms. The van der Waals surface area contributed by atoms with Crippen LogP contribution in [0, 0.1) is 35.5 Å². The molecule has 27 heteroatoms. The Balaban J connectivity index is -0.00000124. The predicted molar refractivity (Wildman–Crippen MR) is 426 cm³/mol. The van der Waals surface area contributed by atoms with Crippen LogP contribution in [-0.4, -0.2) is 151 Å². The summed E-state index contributed by atoms with van der Waals surface area (Å²) >= 11 is 8.07. The molecule has 0 saturated heterocycles. The molecule has 0 fully saturated rings. The van der Waals surface area contributed by atoms with Crippen LogP contribution in [0.2, 0.25) is 0 Å². The number of ether oxygens (including phenoxy) is 7. The average molecular weight is 1630 g/mol. The molecule has 0 aliphatic rings. The number of carboxylic acids is 2. The number of carbonyl (C=O) groups excluding carboxylic acids is 9. The van der Waals surface area contributed by atoms with Crippen molar-refractivity contribution in [1.82, 2.24) is 24.9 Å². The van der Waals surface area contributed by atoms with E-state index in [9.17, 15) is 52.7 Å². The lowest BCUT2D eigenvalue weighted by atomic mass is 9.85. The van der Waals surface area contributed by atoms with Gasteiger partial charge in [-0.1, -0.05) is 115 Å². The molecule has 0 saturated carbocycles. The summed E-state index contributed by atoms with van der Waals surface area (Å²) < 4.78 is 33.1. The molecule has 4 unspecified atom stereocenters. The predicted octanol–water partition coefficient (Wildman–Crippen LogP) is 16.9. The molecule has 0 bridgehead atoms. The second-order valence-electron chi connectivity index (χ2n) is 26.2. The zero-order chi connectivity index (χ0) is 83.8. The molecular weight excluding hydrogens is 1500 g/mol. The quantitative estimate of drug-likeness (QED) is 0.0122. The van der Waals surface area contributed by atoms with Crippen LogP contribution in [0.4, 0.5) is 4.79 Å². The minimum atomic E-state index is -1.57. The molecule has 4 atom stereocenters. The lowest BCUT2D eigenvalue weighted by Gasteiger charge is -2.21. The van der Waals surface area contributed by atoms with Crippen LogP contribution in [0.1, 0.15) is 240 Å². The van der Waals surface area contributed by atoms with Crippen molar-refractivity contribution in [3.63, 3.8) is 0 Å². The summed E-state index contributed by atoms with van der Waals surface area (Å²) in [6.07, 6.45) is 15.4. The molecule has 5 aromatic rings. The lowest BCUT2D eigenvalue weighted by molar-refractivity contribution is -0.165. The Hall–Kier alpha value is -8.91. The Morgan fingerprint density at radius 2 is 0.682 bits per heavy atom. The number of esters is 6. The zero-order valence-electron chi connectivity index (χ0n) is 67.7. The van der Waals surface area contributed by atoms with Gasteiger partial charge in [-0.15, -0.1) is 0 Å². The Labute approximate surface area is 665 Å². The summed E-state index contributed by atoms with van der Waals surface area (Å²) in [6, 6.07) is 27.3. The van der Waals surface area contributed by atoms with Gasteiger partial charge in [0, 0.05) is 47.9 Å². The standard InChI is InChI=1S/C19H27NO5.C16H23NO3.C14H21NO2.C12H17NO2.C9H11NO2.C5H11Br.C5H8O4.C3H5ClO2/c1-5-24-18(22)16(19(23)25-6-2)17(21)14(11-10-13(3)4)15-9-7-8-12-20-15;1-4-20-16(19)11-15(18)13(9-8-12(2)3)14-7-5-6-10-17-14;1-4-17-14(16)12(9-8-11(2)3)13-7-5-6-10-15-13;1-9(2)6-7-10(12(14)15)11-5-3-4-8-13-11;1-2-12-9(11)7-8-5-3-4-6-10-8;1-5(2)3-4-6;1-2-9-5(8)3-4(6)7;1-2-6-3(4)5/h7-9,12-14,16H,5-6,10-11H2,1-4H3;5-7,10,12-13H,4,8-9,11H2,1-3H3;5-7,10-12H,4,8-9H2,1-3H3;3-5,8-10H,6-7H2,1-2H3,(H,14,15);3-6H,2,7H2,1H3;5H,3-4H2,1-2H3;2-3H2,1H3,(H,6,7);2H2,1H3. The Morgan fingerprint density at radius 3 is 0.991 bits per heavy atom. The number of hydrogen-bond donors (Lipinski definition) is 2. The van der Waals surface area contributed by atoms with E-state index in [-0.39, 0.29) is 62.2 Å². The number of aliphatic carboxylic acids is 2. The molecule has 0 radical (unpaired) electrons. The highest BCUT2D eigenvalue weighted by molar-refractivity contribution is 9.09. The van der Waals surface area contributed by atoms with Crippen molar-refractivity contribution in [2.24, 2.45) is 35.5 Å². The third-order valence-electron chi connectivity index (χ3n) is 14.8. The molecule has 5 aromatic heterocycles. The molecule has 2 N–H and O–H groups in total. The number of ketones is 2. The third-order valence-corrected chi connectivity index (χ3v) is 15.3. The Bertz CT molecular complexity index is 3270. The fourth-order valence-corrected chi connectivity index (χ4v) is 10.3. The van der Waals surface area contributed by atoms with Crippen molar-refractivity contribution in [3.8, 4) is 0 Å². The number of halogens is 2. The molecule has 0 aromatic carbocycles. The lowest BCUT2D eigenvalue weighted by Crippen LogP contribution is -2.38. The van der Waals surface area contributed by atoms with Crippen molar-refractivity contribution in [2.75, 3.05) is 51.6 Å². The van der Waals surface area contributed by atoms with Crippen LogP contribution >= 0.6 is 27.5 Å². The van der Waals surface area contributed by atoms with Gasteiger partial charge in [0.2, 0.25) is 5.92 Å². The van der Waals surface area contributed by atoms with Crippen LogP contribution in [0.25, 0.3) is 0 Å². The van der Waals surface area contributed by atoms with E-state index in [1.165, 1.54) is 6.42 Å². The molecule has 0 amide bonds. The minimum absolute atomic E-state index is 0.0856. The zero-order valence-corrected chi connectivity index (χ0v) is 70.0. The molecule has 0 aliphatic heterocycles. The number of carbonyl (C=O) groups is 11. The maximum Gasteiger partial charge on any atom is 0.403 e. The van der Waals surface area contributed by atoms with Crippen LogP contribution < -0.4 is 0 Å². The van der Waals surface area contributed by atoms with Gasteiger partial charge < -0.3 is 43.4 Å². The van der Waals surface area contributed by atoms with E-state index in [1.807, 2.05) is 75.4 Å². The van der Waals surface area contributed by atoms with E-state index in [1.54, 1.807) is 109 Å². The summed E-state index contributed by atoms with van der Waals surface area (Å²) in [5.74, 6) is -6.21. The number of nitrogens with zero attached hydrogens (tertiary/aromatic N) is 5. The van der Waals surface area contributed by atoms with Crippen molar-refractivity contribution in [2.45, 2.75) is 218 Å². The average Bonchev–Trinajstić information content (AvgIpc) is 0.827. The van der Waals surface area contributed by atoms with Gasteiger partial charge in [-0.3, -0.25) is 72.9 Å². The fraction of sp³-hybridized carbons (Fsp3) is 0.566. The molecule has 5 rings (SSSR count). The van der Waals surface area contributed by atoms with Gasteiger partial charge >= 0.3 is 53.2 Å². The van der Waals surface area contributed by atoms with E-state index in [0.29, 0.717) is 80.7 Å². The molecular formula is C83H123BrClN5O20. The topological polar surface area (TPSA) is 357 Å². The summed E-state index contributed by atoms with van der Waals surface area (Å²) in [5.41, 5.74) is 2.76. The molecule has 5 heterocycles. The highest BCUT2D eigenvalue weighted by Crippen LogP contribution is 2.29. The highest BCUT2D eigenvalue weighted by atomic mass is 79.9. The van der Waals surface area contributed by atoms with Crippen molar-refractivity contribution >= 4 is 92.3 Å². The van der Waals surface area contributed by atoms with Gasteiger partial charge in [0.1, 0.15) is 12.8 Å². The van der Waals surface area contributed by atoms with Gasteiger partial charge in [-0.05, 0) is 197 Å². The van der Waals surface area contributed by atoms with Gasteiger partial charge in [0.25, 0.3) is 0 Å². The van der Waals surface area contributed by atoms with E-state index >= 15 is 0 Å². The Morgan fingerprint density at radius 1 is 0.364 bits per heavy atom. The first kappa shape index (κ1) is 105. The van der Waals surface area contributed by atoms with Gasteiger partial charge in [-0.25, -0.2) is 4.79 Å². The monoisotopic (exact) mass is 1620 g/mol. The smallest absolute Gasteiger partial charge is 0.403 e. The summed E-state index contributed by atoms with van der Waals surface area (Å²) in [4.78, 5) is 146. The number of alkyl halides is 1. The Kier molecular flexibility index (Phi) is 64.1. The first-order valence-electron chi connectivity index (χ1n) is 37.6. The van der Waals surface area contributed by atoms with Gasteiger partial charge in [0.05, 0.1) is 105 Å². The summed E-state index contributed by atoms with van der Waals surface area (Å²) in [7, 11) is 0. The number of carboxylic acid groups (broad SMARTS) is 2. The number of Topliss-reactive ketones (excluding diaryl/α,β-unsaturated/α-hetero) is 2. The van der Waals surface area contributed by atoms with Gasteiger partial charge in [-0.2, -0.15) is 0 Å². The maximum atomic E-state index is 13.0. The second kappa shape index (κ2) is 67.0. The van der Waals surface area contributed by atoms with Crippen LogP contribution in [0.3, 0.4) is 0 Å². The third kappa shape index (κ3) is 55.5. The van der Waals surface area contributed by atoms with Crippen LogP contribution in [0.15, 0.2) is 122 Å². The van der Waals surface area contributed by atoms with Crippen molar-refractivity contribution in [1.29, 1.82) is 0 Å². The summed E-state index contributed by atoms with van der Waals surface area (Å²) in [5, 5.41) is 18.3. The van der Waals surface area contributed by atoms with E-state index in [0.717, 1.165) is 60.4 Å². The second-order valence-corrected chi connectivity index (χ2v) is 27.3. The first-order chi connectivity index (χ1) is 52.2. The van der Waals surface area contributed by atoms with Crippen molar-refractivity contribution in [3.05, 3.63) is 150 Å². The van der Waals surface area contributed by atoms with Crippen LogP contribution in [-0.2, 0) is 87.5 Å². The van der Waals surface area contributed by atoms with E-state index < -0.39 is 71.2 Å². The molecule has 110 heavy (non-hydrogen) atoms. The number of hydrogen-bond acceptors (Lipinski definition) is 23. The normalized spacial score (nSPS) is 11.3. The maximum absolute atomic E-state index is 13.0. The molecule has 25 nitrogen and oxygen atoms in total. The SMILES string of the molecule is CC(C)CCBr.CC(C)CCC(C(=O)O)c1ccccn1.CCOC(=O)C(C(=O)OCC)C(=O)C(CCC(C)C)c1ccccn1.CCOC(=O)C(CCC(C)C)c1ccccn1.CCOC(=O)CC(=O)C(CCC(C)C)c1ccccn1.CCOC(=O)CC(=O)O.CCOC(=O)Cc1ccccn1.CCOC(=O)Cl. The largest absolute Gasteiger partial charge is 0.481 e. The molecule has 614 valence electrons. The van der Waals surface area contributed by atoms with Crippen LogP contribution in [0.5, 0.6) is 0 Å². The highest BCUT2D eigenvalue weighted by Gasteiger charge is 2.41. The van der Waals surface area contributed by atoms with E-state index in [4.69, 9.17) is 45.5 Å². The summed E-state index contributed by atoms with van der Waals surface area (Å²) in [6.45, 7) is 35.1.